The van der Waals surface area contributed by atoms with E-state index in [-0.39, 0.29) is 17.4 Å². The zero-order valence-electron chi connectivity index (χ0n) is 14.1. The highest BCUT2D eigenvalue weighted by Crippen LogP contribution is 2.31. The Kier molecular flexibility index (Phi) is 5.77. The van der Waals surface area contributed by atoms with Crippen LogP contribution in [0.2, 0.25) is 0 Å². The largest absolute Gasteiger partial charge is 0.465 e. The van der Waals surface area contributed by atoms with Crippen LogP contribution >= 0.6 is 11.8 Å². The third kappa shape index (κ3) is 4.34. The summed E-state index contributed by atoms with van der Waals surface area (Å²) in [5.41, 5.74) is 0. The maximum atomic E-state index is 12.3. The number of thioether (sulfide) groups is 1. The molecule has 3 heterocycles. The van der Waals surface area contributed by atoms with Gasteiger partial charge in [-0.2, -0.15) is 0 Å². The average molecular weight is 377 g/mol. The molecule has 9 heteroatoms. The van der Waals surface area contributed by atoms with Crippen LogP contribution in [0.3, 0.4) is 0 Å². The molecule has 0 unspecified atom stereocenters. The van der Waals surface area contributed by atoms with Gasteiger partial charge >= 0.3 is 0 Å². The molecule has 2 aliphatic rings. The van der Waals surface area contributed by atoms with Gasteiger partial charge in [-0.25, -0.2) is 0 Å². The van der Waals surface area contributed by atoms with Gasteiger partial charge in [-0.3, -0.25) is 24.1 Å². The number of rotatable bonds is 7. The summed E-state index contributed by atoms with van der Waals surface area (Å²) in [5, 5.41) is 2.20. The van der Waals surface area contributed by atoms with Crippen LogP contribution in [0.4, 0.5) is 4.79 Å². The summed E-state index contributed by atoms with van der Waals surface area (Å²) in [4.78, 5) is 50.6. The van der Waals surface area contributed by atoms with E-state index in [4.69, 9.17) is 4.42 Å². The molecule has 0 spiro atoms. The Morgan fingerprint density at radius 1 is 1.35 bits per heavy atom. The fourth-order valence-corrected chi connectivity index (χ4v) is 3.59. The van der Waals surface area contributed by atoms with Gasteiger partial charge in [0.1, 0.15) is 12.3 Å². The number of hydrogen-bond acceptors (Lipinski definition) is 6. The predicted molar refractivity (Wildman–Crippen MR) is 94.8 cm³/mol. The first-order valence-electron chi connectivity index (χ1n) is 8.38. The fourth-order valence-electron chi connectivity index (χ4n) is 2.78. The third-order valence-corrected chi connectivity index (χ3v) is 5.00. The van der Waals surface area contributed by atoms with Crippen molar-refractivity contribution in [1.82, 2.24) is 15.1 Å². The molecule has 0 aliphatic carbocycles. The normalized spacial score (nSPS) is 19.1. The van der Waals surface area contributed by atoms with Gasteiger partial charge in [-0.15, -0.1) is 0 Å². The molecule has 138 valence electrons. The molecule has 0 saturated carbocycles. The van der Waals surface area contributed by atoms with Crippen molar-refractivity contribution in [2.45, 2.75) is 19.3 Å². The van der Waals surface area contributed by atoms with Gasteiger partial charge < -0.3 is 14.6 Å². The SMILES string of the molecule is O=C(CN1C(=O)SC(=Cc2ccco2)C1=O)NCCCN1CCCC1=O. The monoisotopic (exact) mass is 377 g/mol. The molecule has 0 radical (unpaired) electrons. The molecule has 0 atom stereocenters. The Labute approximate surface area is 154 Å². The van der Waals surface area contributed by atoms with Crippen LogP contribution in [0.5, 0.6) is 0 Å². The van der Waals surface area contributed by atoms with E-state index in [0.717, 1.165) is 29.6 Å². The van der Waals surface area contributed by atoms with Gasteiger partial charge in [0.05, 0.1) is 11.2 Å². The topological polar surface area (TPSA) is 99.9 Å². The summed E-state index contributed by atoms with van der Waals surface area (Å²) in [5.74, 6) is -0.289. The van der Waals surface area contributed by atoms with Crippen LogP contribution in [-0.2, 0) is 14.4 Å². The molecule has 1 aromatic heterocycles. The van der Waals surface area contributed by atoms with E-state index in [2.05, 4.69) is 5.32 Å². The molecule has 1 N–H and O–H groups in total. The van der Waals surface area contributed by atoms with Gasteiger partial charge in [0.25, 0.3) is 11.1 Å². The van der Waals surface area contributed by atoms with Crippen molar-refractivity contribution in [3.63, 3.8) is 0 Å². The maximum Gasteiger partial charge on any atom is 0.294 e. The molecule has 2 fully saturated rings. The third-order valence-electron chi connectivity index (χ3n) is 4.09. The van der Waals surface area contributed by atoms with E-state index < -0.39 is 17.1 Å². The number of carbonyl (C=O) groups is 4. The van der Waals surface area contributed by atoms with Crippen molar-refractivity contribution in [2.24, 2.45) is 0 Å². The lowest BCUT2D eigenvalue weighted by molar-refractivity contribution is -0.129. The van der Waals surface area contributed by atoms with E-state index in [1.165, 1.54) is 12.3 Å². The molecule has 1 aromatic rings. The lowest BCUT2D eigenvalue weighted by Crippen LogP contribution is -2.40. The van der Waals surface area contributed by atoms with E-state index >= 15 is 0 Å². The molecule has 26 heavy (non-hydrogen) atoms. The van der Waals surface area contributed by atoms with Gasteiger partial charge in [-0.1, -0.05) is 0 Å². The highest BCUT2D eigenvalue weighted by molar-refractivity contribution is 8.18. The Hall–Kier alpha value is -2.55. The first kappa shape index (κ1) is 18.2. The predicted octanol–water partition coefficient (Wildman–Crippen LogP) is 1.44. The molecule has 4 amide bonds. The summed E-state index contributed by atoms with van der Waals surface area (Å²) < 4.78 is 5.13. The number of carbonyl (C=O) groups excluding carboxylic acids is 4. The van der Waals surface area contributed by atoms with Gasteiger partial charge in [-0.05, 0) is 36.7 Å². The number of likely N-dealkylation sites (tertiary alicyclic amines) is 1. The Balaban J connectivity index is 1.44. The van der Waals surface area contributed by atoms with Crippen LogP contribution in [-0.4, -0.2) is 58.9 Å². The molecule has 2 saturated heterocycles. The van der Waals surface area contributed by atoms with E-state index in [1.54, 1.807) is 17.0 Å². The Morgan fingerprint density at radius 3 is 2.88 bits per heavy atom. The summed E-state index contributed by atoms with van der Waals surface area (Å²) in [6, 6.07) is 3.35. The van der Waals surface area contributed by atoms with Crippen LogP contribution in [0.25, 0.3) is 6.08 Å². The number of imide groups is 1. The second-order valence-electron chi connectivity index (χ2n) is 5.97. The minimum Gasteiger partial charge on any atom is -0.465 e. The van der Waals surface area contributed by atoms with E-state index in [9.17, 15) is 19.2 Å². The molecule has 0 aromatic carbocycles. The lowest BCUT2D eigenvalue weighted by Gasteiger charge is -2.16. The van der Waals surface area contributed by atoms with Crippen LogP contribution in [0.1, 0.15) is 25.0 Å². The standard InChI is InChI=1S/C17H19N3O5S/c21-14(18-6-3-8-19-7-1-5-15(19)22)11-20-16(23)13(26-17(20)24)10-12-4-2-9-25-12/h2,4,9-10H,1,3,5-8,11H2,(H,18,21). The van der Waals surface area contributed by atoms with Crippen molar-refractivity contribution in [3.05, 3.63) is 29.1 Å². The van der Waals surface area contributed by atoms with Crippen LogP contribution in [0.15, 0.2) is 27.7 Å². The highest BCUT2D eigenvalue weighted by atomic mass is 32.2. The first-order valence-corrected chi connectivity index (χ1v) is 9.19. The second-order valence-corrected chi connectivity index (χ2v) is 6.96. The van der Waals surface area contributed by atoms with Gasteiger partial charge in [0.15, 0.2) is 0 Å². The molecular weight excluding hydrogens is 358 g/mol. The number of furan rings is 1. The molecule has 3 rings (SSSR count). The zero-order valence-corrected chi connectivity index (χ0v) is 14.9. The van der Waals surface area contributed by atoms with Gasteiger partial charge in [0.2, 0.25) is 11.8 Å². The number of nitrogens with zero attached hydrogens (tertiary/aromatic N) is 2. The molecular formula is C17H19N3O5S. The van der Waals surface area contributed by atoms with Crippen molar-refractivity contribution in [1.29, 1.82) is 0 Å². The first-order chi connectivity index (χ1) is 12.5. The lowest BCUT2D eigenvalue weighted by atomic mass is 10.3. The number of hydrogen-bond donors (Lipinski definition) is 1. The highest BCUT2D eigenvalue weighted by Gasteiger charge is 2.36. The Bertz CT molecular complexity index is 744. The zero-order chi connectivity index (χ0) is 18.5. The van der Waals surface area contributed by atoms with Crippen LogP contribution < -0.4 is 5.32 Å². The fraction of sp³-hybridized carbons (Fsp3) is 0.412. The number of amides is 4. The molecule has 8 nitrogen and oxygen atoms in total. The minimum atomic E-state index is -0.505. The summed E-state index contributed by atoms with van der Waals surface area (Å²) in [6.45, 7) is 1.45. The molecule has 0 bridgehead atoms. The van der Waals surface area contributed by atoms with Crippen molar-refractivity contribution < 1.29 is 23.6 Å². The Morgan fingerprint density at radius 2 is 2.19 bits per heavy atom. The van der Waals surface area contributed by atoms with Crippen molar-refractivity contribution >= 4 is 40.8 Å². The summed E-state index contributed by atoms with van der Waals surface area (Å²) >= 11 is 0.782. The van der Waals surface area contributed by atoms with E-state index in [1.807, 2.05) is 0 Å². The second kappa shape index (κ2) is 8.22. The van der Waals surface area contributed by atoms with Crippen molar-refractivity contribution in [2.75, 3.05) is 26.2 Å². The maximum absolute atomic E-state index is 12.3. The number of nitrogens with one attached hydrogen (secondary N) is 1. The van der Waals surface area contributed by atoms with Gasteiger partial charge in [0, 0.05) is 32.1 Å². The smallest absolute Gasteiger partial charge is 0.294 e. The van der Waals surface area contributed by atoms with Crippen LogP contribution in [0, 0.1) is 0 Å². The average Bonchev–Trinajstić information content (AvgIpc) is 3.32. The van der Waals surface area contributed by atoms with Crippen molar-refractivity contribution in [3.8, 4) is 0 Å². The minimum absolute atomic E-state index is 0.150. The summed E-state index contributed by atoms with van der Waals surface area (Å²) in [7, 11) is 0. The van der Waals surface area contributed by atoms with E-state index in [0.29, 0.717) is 31.7 Å². The molecule has 2 aliphatic heterocycles. The quantitative estimate of drug-likeness (QED) is 0.570. The summed E-state index contributed by atoms with van der Waals surface area (Å²) in [6.07, 6.45) is 5.07.